The molecule has 7 nitrogen and oxygen atoms in total. The van der Waals surface area contributed by atoms with Gasteiger partial charge in [-0.1, -0.05) is 18.2 Å². The Bertz CT molecular complexity index is 768. The molecular formula is C19H29N3O4S. The molecule has 1 saturated heterocycles. The number of amides is 2. The number of likely N-dealkylation sites (tertiary alicyclic amines) is 1. The molecule has 1 aromatic rings. The average Bonchev–Trinajstić information content (AvgIpc) is 3.24. The van der Waals surface area contributed by atoms with E-state index in [1.54, 1.807) is 31.4 Å². The topological polar surface area (TPSA) is 87.7 Å². The van der Waals surface area contributed by atoms with Gasteiger partial charge in [0.1, 0.15) is 0 Å². The standard InChI is InChI=1S/C19H29N3O4S/c1-26-15-10-11-22(12-15)18-9-5-8-17(18)21-19(23)20-16-7-4-3-6-14(16)13-27(2,24)25/h3-4,6-7,15,17-18H,5,8-13H2,1-2H3,(H2,20,21,23)/t15?,17-,18+/m0/s1. The van der Waals surface area contributed by atoms with Crippen molar-refractivity contribution in [3.05, 3.63) is 29.8 Å². The summed E-state index contributed by atoms with van der Waals surface area (Å²) in [4.78, 5) is 15.0. The third-order valence-electron chi connectivity index (χ3n) is 5.46. The largest absolute Gasteiger partial charge is 0.380 e. The SMILES string of the molecule is COC1CCN([C@@H]2CCC[C@@H]2NC(=O)Nc2ccccc2CS(C)(=O)=O)C1. The molecule has 27 heavy (non-hydrogen) atoms. The minimum atomic E-state index is -3.18. The Morgan fingerprint density at radius 3 is 2.74 bits per heavy atom. The molecular weight excluding hydrogens is 366 g/mol. The number of hydrogen-bond donors (Lipinski definition) is 2. The number of nitrogens with zero attached hydrogens (tertiary/aromatic N) is 1. The van der Waals surface area contributed by atoms with Gasteiger partial charge in [-0.3, -0.25) is 4.90 Å². The molecule has 3 rings (SSSR count). The first kappa shape index (κ1) is 20.1. The fourth-order valence-electron chi connectivity index (χ4n) is 4.17. The third-order valence-corrected chi connectivity index (χ3v) is 6.29. The fraction of sp³-hybridized carbons (Fsp3) is 0.632. The smallest absolute Gasteiger partial charge is 0.319 e. The van der Waals surface area contributed by atoms with Crippen LogP contribution in [0.25, 0.3) is 0 Å². The number of benzene rings is 1. The molecule has 0 bridgehead atoms. The monoisotopic (exact) mass is 395 g/mol. The predicted octanol–water partition coefficient (Wildman–Crippen LogP) is 1.99. The summed E-state index contributed by atoms with van der Waals surface area (Å²) in [6, 6.07) is 7.17. The van der Waals surface area contributed by atoms with Crippen LogP contribution in [-0.2, 0) is 20.3 Å². The molecule has 150 valence electrons. The molecule has 1 saturated carbocycles. The first-order valence-electron chi connectivity index (χ1n) is 9.45. The molecule has 0 spiro atoms. The minimum absolute atomic E-state index is 0.0955. The summed E-state index contributed by atoms with van der Waals surface area (Å²) >= 11 is 0. The Labute approximate surface area is 161 Å². The zero-order valence-corrected chi connectivity index (χ0v) is 16.8. The normalized spacial score (nSPS) is 26.2. The van der Waals surface area contributed by atoms with Gasteiger partial charge < -0.3 is 15.4 Å². The lowest BCUT2D eigenvalue weighted by atomic mass is 10.1. The third kappa shape index (κ3) is 5.43. The van der Waals surface area contributed by atoms with Gasteiger partial charge in [-0.15, -0.1) is 0 Å². The predicted molar refractivity (Wildman–Crippen MR) is 106 cm³/mol. The molecule has 0 radical (unpaired) electrons. The fourth-order valence-corrected chi connectivity index (χ4v) is 4.99. The number of sulfone groups is 1. The summed E-state index contributed by atoms with van der Waals surface area (Å²) in [5, 5.41) is 5.93. The van der Waals surface area contributed by atoms with E-state index in [0.29, 0.717) is 17.3 Å². The summed E-state index contributed by atoms with van der Waals surface area (Å²) in [7, 11) is -1.43. The highest BCUT2D eigenvalue weighted by Crippen LogP contribution is 2.28. The highest BCUT2D eigenvalue weighted by Gasteiger charge is 2.36. The van der Waals surface area contributed by atoms with Gasteiger partial charge in [0.15, 0.2) is 9.84 Å². The van der Waals surface area contributed by atoms with E-state index in [-0.39, 0.29) is 23.9 Å². The van der Waals surface area contributed by atoms with Crippen LogP contribution in [0.1, 0.15) is 31.2 Å². The number of urea groups is 1. The quantitative estimate of drug-likeness (QED) is 0.769. The Kier molecular flexibility index (Phi) is 6.39. The molecule has 1 unspecified atom stereocenters. The molecule has 1 aliphatic heterocycles. The van der Waals surface area contributed by atoms with Crippen LogP contribution < -0.4 is 10.6 Å². The van der Waals surface area contributed by atoms with Crippen LogP contribution in [0, 0.1) is 0 Å². The number of nitrogens with one attached hydrogen (secondary N) is 2. The maximum atomic E-state index is 12.6. The molecule has 0 aromatic heterocycles. The van der Waals surface area contributed by atoms with Gasteiger partial charge >= 0.3 is 6.03 Å². The van der Waals surface area contributed by atoms with Crippen molar-refractivity contribution in [2.75, 3.05) is 31.8 Å². The second-order valence-electron chi connectivity index (χ2n) is 7.57. The van der Waals surface area contributed by atoms with E-state index in [0.717, 1.165) is 38.8 Å². The molecule has 3 atom stereocenters. The van der Waals surface area contributed by atoms with Gasteiger partial charge in [0.2, 0.25) is 0 Å². The van der Waals surface area contributed by atoms with E-state index in [9.17, 15) is 13.2 Å². The van der Waals surface area contributed by atoms with Crippen molar-refractivity contribution in [2.45, 2.75) is 49.6 Å². The van der Waals surface area contributed by atoms with Crippen molar-refractivity contribution in [3.8, 4) is 0 Å². The lowest BCUT2D eigenvalue weighted by Crippen LogP contribution is -2.49. The zero-order valence-electron chi connectivity index (χ0n) is 16.0. The highest BCUT2D eigenvalue weighted by atomic mass is 32.2. The van der Waals surface area contributed by atoms with Gasteiger partial charge in [-0.2, -0.15) is 0 Å². The van der Waals surface area contributed by atoms with Gasteiger partial charge in [0, 0.05) is 44.2 Å². The molecule has 2 fully saturated rings. The van der Waals surface area contributed by atoms with Crippen molar-refractivity contribution < 1.29 is 17.9 Å². The van der Waals surface area contributed by atoms with Gasteiger partial charge in [-0.25, -0.2) is 13.2 Å². The number of ether oxygens (including phenoxy) is 1. The lowest BCUT2D eigenvalue weighted by Gasteiger charge is -2.30. The second kappa shape index (κ2) is 8.58. The number of carbonyl (C=O) groups is 1. The van der Waals surface area contributed by atoms with Crippen LogP contribution in [0.5, 0.6) is 0 Å². The molecule has 1 heterocycles. The van der Waals surface area contributed by atoms with Gasteiger partial charge in [0.05, 0.1) is 11.9 Å². The van der Waals surface area contributed by atoms with E-state index in [4.69, 9.17) is 4.74 Å². The van der Waals surface area contributed by atoms with E-state index < -0.39 is 9.84 Å². The summed E-state index contributed by atoms with van der Waals surface area (Å²) in [6.07, 6.45) is 5.63. The second-order valence-corrected chi connectivity index (χ2v) is 9.71. The maximum absolute atomic E-state index is 12.6. The summed E-state index contributed by atoms with van der Waals surface area (Å²) < 4.78 is 28.7. The maximum Gasteiger partial charge on any atom is 0.319 e. The molecule has 1 aliphatic carbocycles. The Hall–Kier alpha value is -1.64. The molecule has 2 aliphatic rings. The molecule has 8 heteroatoms. The van der Waals surface area contributed by atoms with E-state index in [1.165, 1.54) is 6.26 Å². The zero-order chi connectivity index (χ0) is 19.4. The van der Waals surface area contributed by atoms with Crippen LogP contribution in [-0.4, -0.2) is 64.0 Å². The van der Waals surface area contributed by atoms with Crippen LogP contribution in [0.3, 0.4) is 0 Å². The van der Waals surface area contributed by atoms with Crippen LogP contribution in [0.15, 0.2) is 24.3 Å². The first-order valence-corrected chi connectivity index (χ1v) is 11.5. The number of rotatable bonds is 6. The van der Waals surface area contributed by atoms with Crippen molar-refractivity contribution >= 4 is 21.6 Å². The average molecular weight is 396 g/mol. The van der Waals surface area contributed by atoms with Crippen molar-refractivity contribution in [1.29, 1.82) is 0 Å². The van der Waals surface area contributed by atoms with Gasteiger partial charge in [0.25, 0.3) is 0 Å². The van der Waals surface area contributed by atoms with Crippen molar-refractivity contribution in [1.82, 2.24) is 10.2 Å². The van der Waals surface area contributed by atoms with Crippen molar-refractivity contribution in [3.63, 3.8) is 0 Å². The summed E-state index contributed by atoms with van der Waals surface area (Å²) in [6.45, 7) is 1.92. The lowest BCUT2D eigenvalue weighted by molar-refractivity contribution is 0.0985. The first-order chi connectivity index (χ1) is 12.9. The molecule has 1 aromatic carbocycles. The number of methoxy groups -OCH3 is 1. The Morgan fingerprint density at radius 1 is 1.26 bits per heavy atom. The van der Waals surface area contributed by atoms with Gasteiger partial charge in [-0.05, 0) is 37.3 Å². The van der Waals surface area contributed by atoms with E-state index in [2.05, 4.69) is 15.5 Å². The number of anilines is 1. The number of hydrogen-bond acceptors (Lipinski definition) is 5. The van der Waals surface area contributed by atoms with Crippen molar-refractivity contribution in [2.24, 2.45) is 0 Å². The van der Waals surface area contributed by atoms with E-state index >= 15 is 0 Å². The van der Waals surface area contributed by atoms with Crippen LogP contribution in [0.4, 0.5) is 10.5 Å². The molecule has 2 N–H and O–H groups in total. The van der Waals surface area contributed by atoms with Crippen LogP contribution >= 0.6 is 0 Å². The van der Waals surface area contributed by atoms with Crippen LogP contribution in [0.2, 0.25) is 0 Å². The summed E-state index contributed by atoms with van der Waals surface area (Å²) in [5.41, 5.74) is 1.14. The Balaban J connectivity index is 1.61. The minimum Gasteiger partial charge on any atom is -0.380 e. The van der Waals surface area contributed by atoms with E-state index in [1.807, 2.05) is 0 Å². The Morgan fingerprint density at radius 2 is 2.04 bits per heavy atom. The number of carbonyl (C=O) groups excluding carboxylic acids is 1. The number of para-hydroxylation sites is 1. The summed E-state index contributed by atoms with van der Waals surface area (Å²) in [5.74, 6) is -0.0955. The highest BCUT2D eigenvalue weighted by molar-refractivity contribution is 7.89. The molecule has 2 amide bonds.